The Bertz CT molecular complexity index is 672. The van der Waals surface area contributed by atoms with Gasteiger partial charge in [0.2, 0.25) is 5.88 Å². The van der Waals surface area contributed by atoms with E-state index in [-0.39, 0.29) is 18.2 Å². The molecule has 1 N–H and O–H groups in total. The number of nitrogens with zero attached hydrogens (tertiary/aromatic N) is 2. The van der Waals surface area contributed by atoms with Gasteiger partial charge in [-0.2, -0.15) is 0 Å². The molecule has 0 unspecified atom stereocenters. The molecule has 0 bridgehead atoms. The summed E-state index contributed by atoms with van der Waals surface area (Å²) in [5, 5.41) is 19.8. The van der Waals surface area contributed by atoms with E-state index in [0.717, 1.165) is 6.20 Å². The van der Waals surface area contributed by atoms with E-state index in [1.807, 2.05) is 0 Å². The van der Waals surface area contributed by atoms with Crippen LogP contribution >= 0.6 is 0 Å². The Morgan fingerprint density at radius 1 is 1.33 bits per heavy atom. The van der Waals surface area contributed by atoms with Crippen molar-refractivity contribution in [2.75, 3.05) is 7.11 Å². The van der Waals surface area contributed by atoms with E-state index in [1.165, 1.54) is 13.2 Å². The summed E-state index contributed by atoms with van der Waals surface area (Å²) in [6, 6.07) is 6.37. The van der Waals surface area contributed by atoms with E-state index >= 15 is 0 Å². The van der Waals surface area contributed by atoms with Crippen molar-refractivity contribution in [3.8, 4) is 17.4 Å². The number of methoxy groups -OCH3 is 1. The van der Waals surface area contributed by atoms with Crippen LogP contribution in [0.25, 0.3) is 0 Å². The van der Waals surface area contributed by atoms with E-state index in [9.17, 15) is 10.1 Å². The van der Waals surface area contributed by atoms with E-state index in [1.54, 1.807) is 25.1 Å². The highest BCUT2D eigenvalue weighted by Crippen LogP contribution is 2.33. The molecule has 7 nitrogen and oxygen atoms in total. The second-order valence-electron chi connectivity index (χ2n) is 4.32. The van der Waals surface area contributed by atoms with Gasteiger partial charge < -0.3 is 14.6 Å². The number of aromatic nitrogens is 1. The summed E-state index contributed by atoms with van der Waals surface area (Å²) in [6.07, 6.45) is 1.14. The number of pyridine rings is 1. The van der Waals surface area contributed by atoms with Crippen molar-refractivity contribution < 1.29 is 19.5 Å². The second-order valence-corrected chi connectivity index (χ2v) is 4.32. The van der Waals surface area contributed by atoms with Gasteiger partial charge in [0.1, 0.15) is 6.20 Å². The zero-order chi connectivity index (χ0) is 15.4. The number of nitro groups is 1. The van der Waals surface area contributed by atoms with Crippen LogP contribution in [0.2, 0.25) is 0 Å². The number of benzene rings is 1. The highest BCUT2D eigenvalue weighted by Gasteiger charge is 2.13. The predicted molar refractivity (Wildman–Crippen MR) is 74.6 cm³/mol. The Morgan fingerprint density at radius 2 is 2.10 bits per heavy atom. The van der Waals surface area contributed by atoms with Crippen LogP contribution in [0, 0.1) is 17.0 Å². The maximum atomic E-state index is 10.7. The fraction of sp³-hybridized carbons (Fsp3) is 0.214. The van der Waals surface area contributed by atoms with Gasteiger partial charge in [-0.15, -0.1) is 0 Å². The van der Waals surface area contributed by atoms with Gasteiger partial charge in [-0.25, -0.2) is 4.98 Å². The number of aliphatic hydroxyl groups excluding tert-OH is 1. The fourth-order valence-electron chi connectivity index (χ4n) is 1.75. The van der Waals surface area contributed by atoms with Crippen molar-refractivity contribution in [3.05, 3.63) is 51.7 Å². The number of rotatable bonds is 5. The van der Waals surface area contributed by atoms with Crippen molar-refractivity contribution in [1.29, 1.82) is 0 Å². The summed E-state index contributed by atoms with van der Waals surface area (Å²) in [6.45, 7) is 1.56. The molecular formula is C14H14N2O5. The molecule has 0 aliphatic carbocycles. The monoisotopic (exact) mass is 290 g/mol. The summed E-state index contributed by atoms with van der Waals surface area (Å²) >= 11 is 0. The average molecular weight is 290 g/mol. The third-order valence-corrected chi connectivity index (χ3v) is 2.84. The lowest BCUT2D eigenvalue weighted by atomic mass is 10.2. The second kappa shape index (κ2) is 6.19. The molecule has 0 saturated heterocycles. The molecular weight excluding hydrogens is 276 g/mol. The standard InChI is InChI=1S/C14H14N2O5/c1-9-5-11(16(18)19)7-15-14(9)21-12-4-3-10(8-17)6-13(12)20-2/h3-7,17H,8H2,1-2H3. The van der Waals surface area contributed by atoms with Crippen LogP contribution in [0.4, 0.5) is 5.69 Å². The minimum atomic E-state index is -0.513. The first-order chi connectivity index (χ1) is 10.0. The molecule has 0 fully saturated rings. The summed E-state index contributed by atoms with van der Waals surface area (Å²) in [7, 11) is 1.49. The van der Waals surface area contributed by atoms with Crippen LogP contribution < -0.4 is 9.47 Å². The molecule has 0 radical (unpaired) electrons. The summed E-state index contributed by atoms with van der Waals surface area (Å²) in [5.74, 6) is 1.12. The van der Waals surface area contributed by atoms with Crippen molar-refractivity contribution in [2.24, 2.45) is 0 Å². The molecule has 0 spiro atoms. The minimum absolute atomic E-state index is 0.0950. The molecule has 1 aromatic heterocycles. The molecule has 21 heavy (non-hydrogen) atoms. The first-order valence-electron chi connectivity index (χ1n) is 6.12. The molecule has 1 aromatic carbocycles. The van der Waals surface area contributed by atoms with Gasteiger partial charge in [0, 0.05) is 11.6 Å². The van der Waals surface area contributed by atoms with E-state index in [2.05, 4.69) is 4.98 Å². The number of ether oxygens (including phenoxy) is 2. The first-order valence-corrected chi connectivity index (χ1v) is 6.12. The maximum Gasteiger partial charge on any atom is 0.288 e. The third kappa shape index (κ3) is 3.26. The van der Waals surface area contributed by atoms with E-state index in [0.29, 0.717) is 22.6 Å². The Morgan fingerprint density at radius 3 is 2.67 bits per heavy atom. The molecule has 0 atom stereocenters. The van der Waals surface area contributed by atoms with Crippen LogP contribution in [0.5, 0.6) is 17.4 Å². The van der Waals surface area contributed by atoms with Crippen molar-refractivity contribution in [1.82, 2.24) is 4.98 Å². The summed E-state index contributed by atoms with van der Waals surface area (Å²) in [4.78, 5) is 14.1. The van der Waals surface area contributed by atoms with E-state index in [4.69, 9.17) is 14.6 Å². The number of hydrogen-bond acceptors (Lipinski definition) is 6. The highest BCUT2D eigenvalue weighted by molar-refractivity contribution is 5.46. The molecule has 2 rings (SSSR count). The first kappa shape index (κ1) is 14.7. The van der Waals surface area contributed by atoms with Gasteiger partial charge in [0.15, 0.2) is 11.5 Å². The topological polar surface area (TPSA) is 94.7 Å². The largest absolute Gasteiger partial charge is 0.493 e. The molecule has 2 aromatic rings. The lowest BCUT2D eigenvalue weighted by Gasteiger charge is -2.11. The Kier molecular flexibility index (Phi) is 4.34. The lowest BCUT2D eigenvalue weighted by Crippen LogP contribution is -1.97. The van der Waals surface area contributed by atoms with Gasteiger partial charge in [-0.05, 0) is 24.6 Å². The van der Waals surface area contributed by atoms with Crippen LogP contribution in [0.15, 0.2) is 30.5 Å². The van der Waals surface area contributed by atoms with Crippen LogP contribution in [0.1, 0.15) is 11.1 Å². The number of aliphatic hydroxyl groups is 1. The SMILES string of the molecule is COc1cc(CO)ccc1Oc1ncc([N+](=O)[O-])cc1C. The minimum Gasteiger partial charge on any atom is -0.493 e. The Balaban J connectivity index is 2.32. The predicted octanol–water partition coefficient (Wildman–Crippen LogP) is 2.59. The smallest absolute Gasteiger partial charge is 0.288 e. The average Bonchev–Trinajstić information content (AvgIpc) is 2.49. The van der Waals surface area contributed by atoms with Crippen LogP contribution in [-0.4, -0.2) is 22.1 Å². The zero-order valence-corrected chi connectivity index (χ0v) is 11.6. The van der Waals surface area contributed by atoms with Crippen molar-refractivity contribution in [2.45, 2.75) is 13.5 Å². The normalized spacial score (nSPS) is 10.2. The van der Waals surface area contributed by atoms with Gasteiger partial charge in [-0.3, -0.25) is 10.1 Å². The molecule has 110 valence electrons. The molecule has 0 saturated carbocycles. The van der Waals surface area contributed by atoms with Crippen molar-refractivity contribution in [3.63, 3.8) is 0 Å². The summed E-state index contributed by atoms with van der Waals surface area (Å²) in [5.41, 5.74) is 1.13. The fourth-order valence-corrected chi connectivity index (χ4v) is 1.75. The lowest BCUT2D eigenvalue weighted by molar-refractivity contribution is -0.385. The quantitative estimate of drug-likeness (QED) is 0.671. The van der Waals surface area contributed by atoms with Crippen LogP contribution in [-0.2, 0) is 6.61 Å². The molecule has 0 aliphatic rings. The van der Waals surface area contributed by atoms with Gasteiger partial charge >= 0.3 is 0 Å². The van der Waals surface area contributed by atoms with E-state index < -0.39 is 4.92 Å². The molecule has 0 aliphatic heterocycles. The van der Waals surface area contributed by atoms with Gasteiger partial charge in [0.25, 0.3) is 5.69 Å². The van der Waals surface area contributed by atoms with Crippen LogP contribution in [0.3, 0.4) is 0 Å². The number of aryl methyl sites for hydroxylation is 1. The third-order valence-electron chi connectivity index (χ3n) is 2.84. The maximum absolute atomic E-state index is 10.7. The number of hydrogen-bond donors (Lipinski definition) is 1. The zero-order valence-electron chi connectivity index (χ0n) is 11.6. The Labute approximate surface area is 120 Å². The van der Waals surface area contributed by atoms with Gasteiger partial charge in [-0.1, -0.05) is 6.07 Å². The Hall–Kier alpha value is -2.67. The van der Waals surface area contributed by atoms with Crippen molar-refractivity contribution >= 4 is 5.69 Å². The summed E-state index contributed by atoms with van der Waals surface area (Å²) < 4.78 is 10.8. The molecule has 0 amide bonds. The molecule has 7 heteroatoms. The highest BCUT2D eigenvalue weighted by atomic mass is 16.6. The van der Waals surface area contributed by atoms with Gasteiger partial charge in [0.05, 0.1) is 18.6 Å². The molecule has 1 heterocycles.